The van der Waals surface area contributed by atoms with Gasteiger partial charge in [-0.1, -0.05) is 0 Å². The van der Waals surface area contributed by atoms with Crippen molar-refractivity contribution in [2.24, 2.45) is 0 Å². The number of hydrogen-bond donors (Lipinski definition) is 0. The maximum absolute atomic E-state index is 2.86. The van der Waals surface area contributed by atoms with Crippen molar-refractivity contribution in [3.63, 3.8) is 0 Å². The van der Waals surface area contributed by atoms with Gasteiger partial charge >= 0.3 is 79.3 Å². The Bertz CT molecular complexity index is 80.9. The minimum atomic E-state index is 0.945. The topological polar surface area (TPSA) is 0 Å². The van der Waals surface area contributed by atoms with Crippen LogP contribution < -0.4 is 0 Å². The van der Waals surface area contributed by atoms with Crippen LogP contribution in [0.15, 0.2) is 0 Å². The van der Waals surface area contributed by atoms with Gasteiger partial charge in [-0.3, -0.25) is 0 Å². The van der Waals surface area contributed by atoms with Gasteiger partial charge in [-0.25, -0.2) is 0 Å². The molecule has 1 aliphatic rings. The van der Waals surface area contributed by atoms with E-state index < -0.39 is 0 Å². The van der Waals surface area contributed by atoms with E-state index in [4.69, 9.17) is 0 Å². The summed E-state index contributed by atoms with van der Waals surface area (Å²) in [5, 5.41) is 0. The van der Waals surface area contributed by atoms with E-state index in [-0.39, 0.29) is 0 Å². The van der Waals surface area contributed by atoms with Crippen LogP contribution in [0, 0.1) is 0 Å². The molecule has 0 aromatic rings. The molecule has 0 nitrogen and oxygen atoms in total. The van der Waals surface area contributed by atoms with Crippen LogP contribution in [-0.4, -0.2) is 16.9 Å². The first kappa shape index (κ1) is 9.64. The zero-order valence-corrected chi connectivity index (χ0v) is 9.27. The van der Waals surface area contributed by atoms with Gasteiger partial charge in [0, 0.05) is 0 Å². The molecule has 0 N–H and O–H groups in total. The van der Waals surface area contributed by atoms with E-state index in [1.807, 2.05) is 0 Å². The predicted octanol–water partition coefficient (Wildman–Crippen LogP) is 3.47. The second-order valence-electron chi connectivity index (χ2n) is 3.71. The SMILES string of the molecule is [As]C1CCCCCCCCC1. The first-order valence-corrected chi connectivity index (χ1v) is 6.16. The first-order chi connectivity index (χ1) is 5.39. The summed E-state index contributed by atoms with van der Waals surface area (Å²) in [7, 11) is 0. The van der Waals surface area contributed by atoms with Crippen molar-refractivity contribution < 1.29 is 0 Å². The molecule has 0 saturated heterocycles. The van der Waals surface area contributed by atoms with Crippen LogP contribution in [0.5, 0.6) is 0 Å². The molecule has 0 bridgehead atoms. The fraction of sp³-hybridized carbons (Fsp3) is 1.00. The zero-order valence-electron chi connectivity index (χ0n) is 7.39. The fourth-order valence-corrected chi connectivity index (χ4v) is 2.55. The molecule has 2 radical (unpaired) electrons. The third-order valence-corrected chi connectivity index (χ3v) is 3.66. The van der Waals surface area contributed by atoms with Crippen molar-refractivity contribution in [3.05, 3.63) is 0 Å². The van der Waals surface area contributed by atoms with Gasteiger partial charge in [-0.15, -0.1) is 0 Å². The van der Waals surface area contributed by atoms with Crippen molar-refractivity contribution in [1.82, 2.24) is 0 Å². The Morgan fingerprint density at radius 2 is 1.00 bits per heavy atom. The standard InChI is InChI=1S/C10H19As/c11-10-8-6-4-2-1-3-5-7-9-10/h10H,1-9H2. The van der Waals surface area contributed by atoms with Gasteiger partial charge in [-0.05, 0) is 0 Å². The Kier molecular flexibility index (Phi) is 5.36. The molecule has 0 unspecified atom stereocenters. The molecule has 1 heteroatoms. The molecule has 0 amide bonds. The summed E-state index contributed by atoms with van der Waals surface area (Å²) < 4.78 is 0.945. The Labute approximate surface area is 79.6 Å². The Balaban J connectivity index is 2.12. The van der Waals surface area contributed by atoms with Gasteiger partial charge in [0.2, 0.25) is 0 Å². The van der Waals surface area contributed by atoms with Gasteiger partial charge in [0.25, 0.3) is 0 Å². The van der Waals surface area contributed by atoms with Crippen LogP contribution in [0.1, 0.15) is 57.8 Å². The number of hydrogen-bond acceptors (Lipinski definition) is 0. The van der Waals surface area contributed by atoms with Crippen molar-refractivity contribution in [1.29, 1.82) is 0 Å². The second kappa shape index (κ2) is 6.12. The van der Waals surface area contributed by atoms with E-state index in [2.05, 4.69) is 16.9 Å². The molecule has 0 spiro atoms. The minimum absolute atomic E-state index is 0.945. The van der Waals surface area contributed by atoms with E-state index in [9.17, 15) is 0 Å². The van der Waals surface area contributed by atoms with E-state index in [0.717, 1.165) is 4.71 Å². The molecular formula is C10H19As. The second-order valence-corrected chi connectivity index (χ2v) is 5.24. The van der Waals surface area contributed by atoms with Gasteiger partial charge in [0.15, 0.2) is 0 Å². The normalized spacial score (nSPS) is 24.8. The molecule has 1 rings (SSSR count). The zero-order chi connectivity index (χ0) is 7.94. The molecule has 64 valence electrons. The Morgan fingerprint density at radius 3 is 1.45 bits per heavy atom. The van der Waals surface area contributed by atoms with Crippen LogP contribution in [0.25, 0.3) is 0 Å². The average molecular weight is 214 g/mol. The number of rotatable bonds is 0. The molecular weight excluding hydrogens is 195 g/mol. The van der Waals surface area contributed by atoms with Crippen molar-refractivity contribution in [3.8, 4) is 0 Å². The molecule has 1 aliphatic carbocycles. The average Bonchev–Trinajstić information content (AvgIpc) is 2.03. The van der Waals surface area contributed by atoms with Crippen LogP contribution in [0.4, 0.5) is 0 Å². The van der Waals surface area contributed by atoms with Gasteiger partial charge < -0.3 is 0 Å². The van der Waals surface area contributed by atoms with E-state index in [0.29, 0.717) is 0 Å². The summed E-state index contributed by atoms with van der Waals surface area (Å²) in [6.07, 6.45) is 13.3. The summed E-state index contributed by atoms with van der Waals surface area (Å²) in [6.45, 7) is 0. The van der Waals surface area contributed by atoms with Crippen LogP contribution in [0.2, 0.25) is 4.71 Å². The van der Waals surface area contributed by atoms with Crippen molar-refractivity contribution in [2.45, 2.75) is 62.5 Å². The quantitative estimate of drug-likeness (QED) is 0.541. The molecule has 11 heavy (non-hydrogen) atoms. The third kappa shape index (κ3) is 4.90. The molecule has 0 aromatic heterocycles. The summed E-state index contributed by atoms with van der Waals surface area (Å²) in [5.74, 6) is 0. The third-order valence-electron chi connectivity index (χ3n) is 2.57. The van der Waals surface area contributed by atoms with Gasteiger partial charge in [0.1, 0.15) is 0 Å². The summed E-state index contributed by atoms with van der Waals surface area (Å²) in [4.78, 5) is 0. The first-order valence-electron chi connectivity index (χ1n) is 5.07. The van der Waals surface area contributed by atoms with Crippen LogP contribution >= 0.6 is 0 Å². The molecule has 1 saturated carbocycles. The van der Waals surface area contributed by atoms with E-state index in [1.165, 1.54) is 57.8 Å². The maximum atomic E-state index is 2.86. The fourth-order valence-electron chi connectivity index (χ4n) is 1.79. The van der Waals surface area contributed by atoms with Crippen LogP contribution in [-0.2, 0) is 0 Å². The van der Waals surface area contributed by atoms with E-state index >= 15 is 0 Å². The molecule has 0 aromatic carbocycles. The molecule has 0 aliphatic heterocycles. The Morgan fingerprint density at radius 1 is 0.636 bits per heavy atom. The predicted molar refractivity (Wildman–Crippen MR) is 51.1 cm³/mol. The monoisotopic (exact) mass is 214 g/mol. The van der Waals surface area contributed by atoms with Crippen molar-refractivity contribution >= 4 is 16.9 Å². The summed E-state index contributed by atoms with van der Waals surface area (Å²) >= 11 is 2.86. The Hall–Kier alpha value is 0.558. The molecule has 1 fully saturated rings. The molecule has 0 atom stereocenters. The summed E-state index contributed by atoms with van der Waals surface area (Å²) in [5.41, 5.74) is 0. The molecule has 0 heterocycles. The van der Waals surface area contributed by atoms with Crippen LogP contribution in [0.3, 0.4) is 0 Å². The van der Waals surface area contributed by atoms with Gasteiger partial charge in [0.05, 0.1) is 0 Å². The van der Waals surface area contributed by atoms with Crippen molar-refractivity contribution in [2.75, 3.05) is 0 Å². The van der Waals surface area contributed by atoms with Gasteiger partial charge in [-0.2, -0.15) is 0 Å². The summed E-state index contributed by atoms with van der Waals surface area (Å²) in [6, 6.07) is 0. The van der Waals surface area contributed by atoms with E-state index in [1.54, 1.807) is 0 Å².